The molecule has 0 aliphatic carbocycles. The average molecular weight is 245 g/mol. The fraction of sp³-hybridized carbons (Fsp3) is 0.909. The Morgan fingerprint density at radius 2 is 2.27 bits per heavy atom. The van der Waals surface area contributed by atoms with Crippen LogP contribution < -0.4 is 5.32 Å². The molecule has 0 aromatic heterocycles. The first-order valence-electron chi connectivity index (χ1n) is 5.65. The molecule has 1 N–H and O–H groups in total. The Kier molecular flexibility index (Phi) is 4.02. The quantitative estimate of drug-likeness (QED) is 0.806. The van der Waals surface area contributed by atoms with Crippen LogP contribution in [0.2, 0.25) is 0 Å². The van der Waals surface area contributed by atoms with Crippen LogP contribution in [0.1, 0.15) is 19.8 Å². The molecule has 0 bridgehead atoms. The maximum atomic E-state index is 11.0. The van der Waals surface area contributed by atoms with Gasteiger partial charge in [0, 0.05) is 19.2 Å². The highest BCUT2D eigenvalue weighted by molar-refractivity contribution is 8.13. The van der Waals surface area contributed by atoms with Gasteiger partial charge in [-0.15, -0.1) is 0 Å². The van der Waals surface area contributed by atoms with E-state index in [-0.39, 0.29) is 5.12 Å². The van der Waals surface area contributed by atoms with Crippen LogP contribution in [-0.4, -0.2) is 35.5 Å². The Balaban J connectivity index is 1.94. The molecule has 15 heavy (non-hydrogen) atoms. The maximum absolute atomic E-state index is 11.0. The summed E-state index contributed by atoms with van der Waals surface area (Å²) in [5.41, 5.74) is 0.522. The minimum absolute atomic E-state index is 0.266. The molecule has 2 saturated heterocycles. The molecule has 86 valence electrons. The Hall–Kier alpha value is 0.330. The predicted octanol–water partition coefficient (Wildman–Crippen LogP) is 2.00. The zero-order valence-electron chi connectivity index (χ0n) is 9.25. The molecule has 0 aromatic rings. The van der Waals surface area contributed by atoms with Gasteiger partial charge < -0.3 is 5.32 Å². The molecule has 4 heteroatoms. The van der Waals surface area contributed by atoms with E-state index in [2.05, 4.69) is 17.1 Å². The van der Waals surface area contributed by atoms with Gasteiger partial charge in [-0.1, -0.05) is 11.8 Å². The van der Waals surface area contributed by atoms with Crippen molar-refractivity contribution in [1.29, 1.82) is 0 Å². The molecule has 1 atom stereocenters. The third-order valence-electron chi connectivity index (χ3n) is 3.71. The molecule has 0 amide bonds. The second kappa shape index (κ2) is 5.11. The van der Waals surface area contributed by atoms with Gasteiger partial charge >= 0.3 is 0 Å². The van der Waals surface area contributed by atoms with Gasteiger partial charge in [-0.25, -0.2) is 0 Å². The highest BCUT2D eigenvalue weighted by Gasteiger charge is 2.43. The van der Waals surface area contributed by atoms with Crippen molar-refractivity contribution in [3.05, 3.63) is 0 Å². The highest BCUT2D eigenvalue weighted by Crippen LogP contribution is 2.44. The van der Waals surface area contributed by atoms with E-state index in [1.54, 1.807) is 6.92 Å². The molecule has 0 radical (unpaired) electrons. The summed E-state index contributed by atoms with van der Waals surface area (Å²) in [5.74, 6) is 4.35. The van der Waals surface area contributed by atoms with Crippen LogP contribution in [0.3, 0.4) is 0 Å². The maximum Gasteiger partial charge on any atom is 0.185 e. The van der Waals surface area contributed by atoms with Crippen LogP contribution in [0.5, 0.6) is 0 Å². The van der Waals surface area contributed by atoms with Crippen molar-refractivity contribution >= 4 is 28.6 Å². The third kappa shape index (κ3) is 2.71. The van der Waals surface area contributed by atoms with Gasteiger partial charge in [-0.3, -0.25) is 4.79 Å². The van der Waals surface area contributed by atoms with Crippen LogP contribution in [-0.2, 0) is 4.79 Å². The standard InChI is InChI=1S/C11H19NOS2/c1-9(13)15-7-10-6-12-8-11(10)2-4-14-5-3-11/h10,12H,2-8H2,1H3. The van der Waals surface area contributed by atoms with Crippen molar-refractivity contribution in [2.75, 3.05) is 30.3 Å². The highest BCUT2D eigenvalue weighted by atomic mass is 32.2. The molecule has 2 fully saturated rings. The number of hydrogen-bond donors (Lipinski definition) is 1. The Bertz CT molecular complexity index is 239. The average Bonchev–Trinajstić information content (AvgIpc) is 2.59. The van der Waals surface area contributed by atoms with Crippen molar-refractivity contribution in [2.45, 2.75) is 19.8 Å². The minimum Gasteiger partial charge on any atom is -0.316 e. The van der Waals surface area contributed by atoms with E-state index in [0.29, 0.717) is 11.3 Å². The third-order valence-corrected chi connectivity index (χ3v) is 5.67. The summed E-state index contributed by atoms with van der Waals surface area (Å²) in [4.78, 5) is 11.0. The summed E-state index contributed by atoms with van der Waals surface area (Å²) < 4.78 is 0. The number of carbonyl (C=O) groups excluding carboxylic acids is 1. The van der Waals surface area contributed by atoms with Gasteiger partial charge in [-0.05, 0) is 42.2 Å². The zero-order chi connectivity index (χ0) is 10.7. The second-order valence-corrected chi connectivity index (χ2v) is 7.03. The van der Waals surface area contributed by atoms with E-state index in [1.165, 1.54) is 42.7 Å². The van der Waals surface area contributed by atoms with Crippen molar-refractivity contribution in [3.63, 3.8) is 0 Å². The summed E-state index contributed by atoms with van der Waals surface area (Å²) in [6.07, 6.45) is 2.68. The van der Waals surface area contributed by atoms with Crippen LogP contribution in [0.25, 0.3) is 0 Å². The van der Waals surface area contributed by atoms with E-state index in [0.717, 1.165) is 12.3 Å². The first-order valence-corrected chi connectivity index (χ1v) is 7.79. The van der Waals surface area contributed by atoms with Crippen molar-refractivity contribution in [2.24, 2.45) is 11.3 Å². The van der Waals surface area contributed by atoms with E-state index >= 15 is 0 Å². The van der Waals surface area contributed by atoms with Crippen LogP contribution >= 0.6 is 23.5 Å². The van der Waals surface area contributed by atoms with Crippen LogP contribution in [0.4, 0.5) is 0 Å². The molecule has 0 aromatic carbocycles. The van der Waals surface area contributed by atoms with E-state index in [1.807, 2.05) is 0 Å². The lowest BCUT2D eigenvalue weighted by atomic mass is 9.74. The summed E-state index contributed by atoms with van der Waals surface area (Å²) in [7, 11) is 0. The number of rotatable bonds is 2. The Labute approximate surface area is 100 Å². The zero-order valence-corrected chi connectivity index (χ0v) is 10.9. The molecule has 2 aliphatic rings. The summed E-state index contributed by atoms with van der Waals surface area (Å²) in [6, 6.07) is 0. The molecule has 2 rings (SSSR count). The molecule has 1 unspecified atom stereocenters. The van der Waals surface area contributed by atoms with Crippen LogP contribution in [0, 0.1) is 11.3 Å². The molecule has 0 saturated carbocycles. The fourth-order valence-corrected chi connectivity index (χ4v) is 4.89. The van der Waals surface area contributed by atoms with E-state index in [9.17, 15) is 4.79 Å². The Morgan fingerprint density at radius 1 is 1.53 bits per heavy atom. The first kappa shape index (κ1) is 11.8. The fourth-order valence-electron chi connectivity index (χ4n) is 2.67. The van der Waals surface area contributed by atoms with Crippen molar-refractivity contribution in [3.8, 4) is 0 Å². The summed E-state index contributed by atoms with van der Waals surface area (Å²) in [6.45, 7) is 3.97. The molecule has 2 aliphatic heterocycles. The van der Waals surface area contributed by atoms with Gasteiger partial charge in [-0.2, -0.15) is 11.8 Å². The normalized spacial score (nSPS) is 29.5. The SMILES string of the molecule is CC(=O)SCC1CNCC12CCSCC2. The minimum atomic E-state index is 0.266. The lowest BCUT2D eigenvalue weighted by molar-refractivity contribution is -0.109. The number of carbonyl (C=O) groups is 1. The predicted molar refractivity (Wildman–Crippen MR) is 68.5 cm³/mol. The molecular formula is C11H19NOS2. The largest absolute Gasteiger partial charge is 0.316 e. The topological polar surface area (TPSA) is 29.1 Å². The lowest BCUT2D eigenvalue weighted by Gasteiger charge is -2.37. The number of nitrogens with one attached hydrogen (secondary N) is 1. The lowest BCUT2D eigenvalue weighted by Crippen LogP contribution is -2.35. The smallest absolute Gasteiger partial charge is 0.185 e. The summed E-state index contributed by atoms with van der Waals surface area (Å²) >= 11 is 3.59. The van der Waals surface area contributed by atoms with Gasteiger partial charge in [0.25, 0.3) is 0 Å². The summed E-state index contributed by atoms with van der Waals surface area (Å²) in [5, 5.41) is 3.79. The van der Waals surface area contributed by atoms with Crippen molar-refractivity contribution in [1.82, 2.24) is 5.32 Å². The molecule has 2 heterocycles. The van der Waals surface area contributed by atoms with Gasteiger partial charge in [0.15, 0.2) is 5.12 Å². The van der Waals surface area contributed by atoms with Gasteiger partial charge in [0.2, 0.25) is 0 Å². The second-order valence-electron chi connectivity index (χ2n) is 4.61. The van der Waals surface area contributed by atoms with Gasteiger partial charge in [0.05, 0.1) is 0 Å². The van der Waals surface area contributed by atoms with Crippen LogP contribution in [0.15, 0.2) is 0 Å². The molecule has 1 spiro atoms. The molecular weight excluding hydrogens is 226 g/mol. The van der Waals surface area contributed by atoms with E-state index < -0.39 is 0 Å². The van der Waals surface area contributed by atoms with Gasteiger partial charge in [0.1, 0.15) is 0 Å². The number of thioether (sulfide) groups is 2. The first-order chi connectivity index (χ1) is 7.23. The van der Waals surface area contributed by atoms with Crippen molar-refractivity contribution < 1.29 is 4.79 Å². The molecule has 2 nitrogen and oxygen atoms in total. The number of hydrogen-bond acceptors (Lipinski definition) is 4. The monoisotopic (exact) mass is 245 g/mol. The Morgan fingerprint density at radius 3 is 2.93 bits per heavy atom. The van der Waals surface area contributed by atoms with E-state index in [4.69, 9.17) is 0 Å².